The highest BCUT2D eigenvalue weighted by molar-refractivity contribution is 9.10. The van der Waals surface area contributed by atoms with E-state index >= 15 is 0 Å². The number of benzene rings is 2. The highest BCUT2D eigenvalue weighted by atomic mass is 79.9. The number of anilines is 1. The van der Waals surface area contributed by atoms with Crippen LogP contribution in [0.3, 0.4) is 0 Å². The lowest BCUT2D eigenvalue weighted by Crippen LogP contribution is -2.25. The molecule has 2 N–H and O–H groups in total. The fourth-order valence-electron chi connectivity index (χ4n) is 4.68. The van der Waals surface area contributed by atoms with Crippen LogP contribution in [-0.2, 0) is 13.0 Å². The van der Waals surface area contributed by atoms with Gasteiger partial charge in [-0.3, -0.25) is 0 Å². The summed E-state index contributed by atoms with van der Waals surface area (Å²) in [6.07, 6.45) is 6.28. The maximum Gasteiger partial charge on any atom is 0.0478 e. The molecule has 1 unspecified atom stereocenters. The average Bonchev–Trinajstić information content (AvgIpc) is 3.35. The zero-order chi connectivity index (χ0) is 18.2. The van der Waals surface area contributed by atoms with Crippen molar-refractivity contribution in [1.29, 1.82) is 0 Å². The van der Waals surface area contributed by atoms with Gasteiger partial charge in [0.15, 0.2) is 0 Å². The van der Waals surface area contributed by atoms with Crippen molar-refractivity contribution >= 4 is 32.5 Å². The maximum absolute atomic E-state index is 3.80. The monoisotopic (exact) mass is 423 g/mol. The molecular formula is C23H26BrN3. The van der Waals surface area contributed by atoms with Crippen molar-refractivity contribution in [2.24, 2.45) is 0 Å². The van der Waals surface area contributed by atoms with Gasteiger partial charge in [0.25, 0.3) is 0 Å². The van der Waals surface area contributed by atoms with Crippen molar-refractivity contribution in [3.63, 3.8) is 0 Å². The van der Waals surface area contributed by atoms with Gasteiger partial charge in [0, 0.05) is 52.4 Å². The number of H-pyrrole nitrogens is 1. The van der Waals surface area contributed by atoms with E-state index in [1.165, 1.54) is 78.6 Å². The number of nitrogens with zero attached hydrogens (tertiary/aromatic N) is 1. The number of aryl methyl sites for hydroxylation is 1. The summed E-state index contributed by atoms with van der Waals surface area (Å²) >= 11 is 3.62. The van der Waals surface area contributed by atoms with Crippen molar-refractivity contribution in [2.45, 2.75) is 44.7 Å². The van der Waals surface area contributed by atoms with Crippen LogP contribution in [0.15, 0.2) is 46.9 Å². The molecule has 0 saturated carbocycles. The number of nitrogens with one attached hydrogen (secondary N) is 2. The molecule has 1 aromatic heterocycles. The Morgan fingerprint density at radius 3 is 2.67 bits per heavy atom. The predicted octanol–water partition coefficient (Wildman–Crippen LogP) is 5.70. The first kappa shape index (κ1) is 17.3. The van der Waals surface area contributed by atoms with Gasteiger partial charge < -0.3 is 15.2 Å². The van der Waals surface area contributed by atoms with E-state index in [9.17, 15) is 0 Å². The molecule has 1 atom stereocenters. The third-order valence-electron chi connectivity index (χ3n) is 6.13. The molecule has 4 heteroatoms. The average molecular weight is 424 g/mol. The Bertz CT molecular complexity index is 938. The van der Waals surface area contributed by atoms with Gasteiger partial charge in [-0.1, -0.05) is 28.1 Å². The van der Waals surface area contributed by atoms with E-state index in [2.05, 4.69) is 73.6 Å². The van der Waals surface area contributed by atoms with Crippen molar-refractivity contribution in [1.82, 2.24) is 10.3 Å². The Balaban J connectivity index is 1.31. The minimum Gasteiger partial charge on any atom is -0.372 e. The molecule has 0 radical (unpaired) electrons. The Labute approximate surface area is 169 Å². The molecule has 0 spiro atoms. The Kier molecular flexibility index (Phi) is 4.70. The second-order valence-corrected chi connectivity index (χ2v) is 8.81. The second kappa shape index (κ2) is 7.33. The normalized spacial score (nSPS) is 19.6. The number of aromatic amines is 1. The van der Waals surface area contributed by atoms with E-state index in [0.29, 0.717) is 6.04 Å². The number of hydrogen-bond donors (Lipinski definition) is 2. The van der Waals surface area contributed by atoms with Crippen molar-refractivity contribution in [3.05, 3.63) is 63.8 Å². The quantitative estimate of drug-likeness (QED) is 0.563. The van der Waals surface area contributed by atoms with Crippen LogP contribution in [0, 0.1) is 0 Å². The van der Waals surface area contributed by atoms with Crippen molar-refractivity contribution in [3.8, 4) is 0 Å². The topological polar surface area (TPSA) is 31.1 Å². The summed E-state index contributed by atoms with van der Waals surface area (Å²) < 4.78 is 1.16. The lowest BCUT2D eigenvalue weighted by molar-refractivity contribution is 0.452. The SMILES string of the molecule is Brc1ccc2[nH]c3c(c2c1)CCCC3NCc1ccc(N2CCCC2)cc1. The zero-order valence-electron chi connectivity index (χ0n) is 15.6. The van der Waals surface area contributed by atoms with Gasteiger partial charge >= 0.3 is 0 Å². The highest BCUT2D eigenvalue weighted by Crippen LogP contribution is 2.36. The molecule has 140 valence electrons. The fraction of sp³-hybridized carbons (Fsp3) is 0.391. The fourth-order valence-corrected chi connectivity index (χ4v) is 5.04. The summed E-state index contributed by atoms with van der Waals surface area (Å²) in [5.74, 6) is 0. The van der Waals surface area contributed by atoms with E-state index in [4.69, 9.17) is 0 Å². The van der Waals surface area contributed by atoms with Crippen LogP contribution in [0.5, 0.6) is 0 Å². The number of fused-ring (bicyclic) bond motifs is 3. The summed E-state index contributed by atoms with van der Waals surface area (Å²) in [5, 5.41) is 5.18. The van der Waals surface area contributed by atoms with Gasteiger partial charge in [-0.2, -0.15) is 0 Å². The third-order valence-corrected chi connectivity index (χ3v) is 6.62. The molecule has 3 aromatic rings. The minimum atomic E-state index is 0.415. The largest absolute Gasteiger partial charge is 0.372 e. The van der Waals surface area contributed by atoms with Gasteiger partial charge in [-0.05, 0) is 73.6 Å². The maximum atomic E-state index is 3.80. The van der Waals surface area contributed by atoms with Crippen LogP contribution in [-0.4, -0.2) is 18.1 Å². The van der Waals surface area contributed by atoms with E-state index in [1.54, 1.807) is 0 Å². The van der Waals surface area contributed by atoms with Crippen LogP contribution < -0.4 is 10.2 Å². The number of rotatable bonds is 4. The first-order valence-corrected chi connectivity index (χ1v) is 10.9. The first-order chi connectivity index (χ1) is 13.3. The second-order valence-electron chi connectivity index (χ2n) is 7.89. The molecule has 2 aromatic carbocycles. The van der Waals surface area contributed by atoms with Crippen LogP contribution in [0.25, 0.3) is 10.9 Å². The molecule has 1 aliphatic heterocycles. The summed E-state index contributed by atoms with van der Waals surface area (Å²) in [7, 11) is 0. The molecule has 1 fully saturated rings. The van der Waals surface area contributed by atoms with Gasteiger partial charge in [0.2, 0.25) is 0 Å². The summed E-state index contributed by atoms with van der Waals surface area (Å²) in [6.45, 7) is 3.33. The van der Waals surface area contributed by atoms with Crippen molar-refractivity contribution < 1.29 is 0 Å². The number of aromatic nitrogens is 1. The summed E-state index contributed by atoms with van der Waals surface area (Å²) in [6, 6.07) is 16.1. The molecule has 1 aliphatic carbocycles. The van der Waals surface area contributed by atoms with E-state index in [1.807, 2.05) is 0 Å². The van der Waals surface area contributed by atoms with Crippen LogP contribution in [0.2, 0.25) is 0 Å². The lowest BCUT2D eigenvalue weighted by Gasteiger charge is -2.24. The zero-order valence-corrected chi connectivity index (χ0v) is 17.2. The molecule has 2 heterocycles. The van der Waals surface area contributed by atoms with Gasteiger partial charge in [0.05, 0.1) is 0 Å². The predicted molar refractivity (Wildman–Crippen MR) is 116 cm³/mol. The third kappa shape index (κ3) is 3.41. The van der Waals surface area contributed by atoms with E-state index < -0.39 is 0 Å². The molecule has 2 aliphatic rings. The summed E-state index contributed by atoms with van der Waals surface area (Å²) in [5.41, 5.74) is 6.88. The Morgan fingerprint density at radius 2 is 1.85 bits per heavy atom. The van der Waals surface area contributed by atoms with Gasteiger partial charge in [0.1, 0.15) is 0 Å². The van der Waals surface area contributed by atoms with E-state index in [0.717, 1.165) is 11.0 Å². The first-order valence-electron chi connectivity index (χ1n) is 10.2. The van der Waals surface area contributed by atoms with Gasteiger partial charge in [-0.15, -0.1) is 0 Å². The molecule has 1 saturated heterocycles. The van der Waals surface area contributed by atoms with Crippen LogP contribution in [0.4, 0.5) is 5.69 Å². The minimum absolute atomic E-state index is 0.415. The van der Waals surface area contributed by atoms with E-state index in [-0.39, 0.29) is 0 Å². The molecule has 0 amide bonds. The van der Waals surface area contributed by atoms with Crippen LogP contribution >= 0.6 is 15.9 Å². The molecular weight excluding hydrogens is 398 g/mol. The Hall–Kier alpha value is -1.78. The standard InChI is InChI=1S/C23H26BrN3/c24-17-8-11-21-20(14-17)19-4-3-5-22(23(19)26-21)25-15-16-6-9-18(10-7-16)27-12-1-2-13-27/h6-11,14,22,25-26H,1-5,12-13,15H2. The highest BCUT2D eigenvalue weighted by Gasteiger charge is 2.24. The Morgan fingerprint density at radius 1 is 1.04 bits per heavy atom. The number of hydrogen-bond acceptors (Lipinski definition) is 2. The summed E-state index contributed by atoms with van der Waals surface area (Å²) in [4.78, 5) is 6.18. The molecule has 0 bridgehead atoms. The molecule has 5 rings (SSSR count). The smallest absolute Gasteiger partial charge is 0.0478 e. The van der Waals surface area contributed by atoms with Crippen molar-refractivity contribution in [2.75, 3.05) is 18.0 Å². The lowest BCUT2D eigenvalue weighted by atomic mass is 9.91. The molecule has 3 nitrogen and oxygen atoms in total. The molecule has 27 heavy (non-hydrogen) atoms. The van der Waals surface area contributed by atoms with Crippen LogP contribution in [0.1, 0.15) is 48.5 Å². The number of halogens is 1. The van der Waals surface area contributed by atoms with Gasteiger partial charge in [-0.25, -0.2) is 0 Å².